The monoisotopic (exact) mass is 396 g/mol. The molecule has 0 saturated heterocycles. The lowest BCUT2D eigenvalue weighted by molar-refractivity contribution is 0.469. The van der Waals surface area contributed by atoms with Crippen LogP contribution < -0.4 is 4.74 Å². The minimum absolute atomic E-state index is 0.417. The molecule has 20 heavy (non-hydrogen) atoms. The van der Waals surface area contributed by atoms with E-state index in [1.165, 1.54) is 16.7 Å². The lowest BCUT2D eigenvalue weighted by Gasteiger charge is -2.16. The molecule has 0 fully saturated rings. The summed E-state index contributed by atoms with van der Waals surface area (Å²) in [5.74, 6) is 2.26. The zero-order valence-electron chi connectivity index (χ0n) is 11.9. The van der Waals surface area contributed by atoms with Crippen LogP contribution in [-0.2, 0) is 5.33 Å². The zero-order chi connectivity index (χ0) is 14.7. The van der Waals surface area contributed by atoms with Gasteiger partial charge in [0.1, 0.15) is 11.5 Å². The molecule has 0 atom stereocenters. The predicted molar refractivity (Wildman–Crippen MR) is 92.1 cm³/mol. The number of hydrogen-bond acceptors (Lipinski definition) is 1. The minimum Gasteiger partial charge on any atom is -0.457 e. The molecule has 0 aliphatic carbocycles. The topological polar surface area (TPSA) is 9.23 Å². The fourth-order valence-electron chi connectivity index (χ4n) is 2.09. The number of aryl methyl sites for hydroxylation is 1. The molecule has 1 nitrogen and oxygen atoms in total. The summed E-state index contributed by atoms with van der Waals surface area (Å²) in [7, 11) is 0. The van der Waals surface area contributed by atoms with Crippen LogP contribution >= 0.6 is 31.9 Å². The summed E-state index contributed by atoms with van der Waals surface area (Å²) >= 11 is 7.05. The second-order valence-corrected chi connectivity index (χ2v) is 6.66. The van der Waals surface area contributed by atoms with Crippen LogP contribution in [0, 0.1) is 6.92 Å². The fraction of sp³-hybridized carbons (Fsp3) is 0.294. The van der Waals surface area contributed by atoms with E-state index < -0.39 is 0 Å². The smallest absolute Gasteiger partial charge is 0.131 e. The Labute approximate surface area is 137 Å². The quantitative estimate of drug-likeness (QED) is 0.530. The highest BCUT2D eigenvalue weighted by Gasteiger charge is 2.11. The lowest BCUT2D eigenvalue weighted by atomic mass is 10.0. The van der Waals surface area contributed by atoms with Crippen molar-refractivity contribution in [2.24, 2.45) is 0 Å². The fourth-order valence-corrected chi connectivity index (χ4v) is 2.91. The molecule has 0 aliphatic heterocycles. The van der Waals surface area contributed by atoms with Crippen molar-refractivity contribution in [3.05, 3.63) is 57.6 Å². The van der Waals surface area contributed by atoms with E-state index in [4.69, 9.17) is 4.74 Å². The van der Waals surface area contributed by atoms with Gasteiger partial charge in [0, 0.05) is 15.4 Å². The molecular formula is C17H18Br2O. The largest absolute Gasteiger partial charge is 0.457 e. The summed E-state index contributed by atoms with van der Waals surface area (Å²) in [4.78, 5) is 0. The summed E-state index contributed by atoms with van der Waals surface area (Å²) in [6, 6.07) is 12.4. The third-order valence-electron chi connectivity index (χ3n) is 3.17. The molecule has 0 bridgehead atoms. The van der Waals surface area contributed by atoms with Crippen LogP contribution in [0.15, 0.2) is 40.9 Å². The Hall–Kier alpha value is -0.800. The maximum Gasteiger partial charge on any atom is 0.131 e. The normalized spacial score (nSPS) is 10.9. The molecule has 2 aromatic carbocycles. The van der Waals surface area contributed by atoms with Crippen LogP contribution in [0.1, 0.15) is 36.5 Å². The molecule has 0 spiro atoms. The Morgan fingerprint density at radius 1 is 1.05 bits per heavy atom. The average Bonchev–Trinajstić information content (AvgIpc) is 2.42. The van der Waals surface area contributed by atoms with Gasteiger partial charge in [-0.2, -0.15) is 0 Å². The van der Waals surface area contributed by atoms with Crippen molar-refractivity contribution in [2.75, 3.05) is 0 Å². The highest BCUT2D eigenvalue weighted by atomic mass is 79.9. The number of halogens is 2. The van der Waals surface area contributed by atoms with E-state index in [1.54, 1.807) is 0 Å². The number of rotatable bonds is 4. The molecule has 0 heterocycles. The van der Waals surface area contributed by atoms with Gasteiger partial charge in [-0.05, 0) is 42.7 Å². The molecule has 0 unspecified atom stereocenters. The number of hydrogen-bond donors (Lipinski definition) is 0. The van der Waals surface area contributed by atoms with Crippen molar-refractivity contribution in [1.29, 1.82) is 0 Å². The van der Waals surface area contributed by atoms with Crippen molar-refractivity contribution in [2.45, 2.75) is 32.0 Å². The van der Waals surface area contributed by atoms with Gasteiger partial charge in [0.05, 0.1) is 0 Å². The van der Waals surface area contributed by atoms with Crippen molar-refractivity contribution in [3.8, 4) is 11.5 Å². The van der Waals surface area contributed by atoms with E-state index in [2.05, 4.69) is 70.8 Å². The van der Waals surface area contributed by atoms with E-state index >= 15 is 0 Å². The molecule has 0 N–H and O–H groups in total. The van der Waals surface area contributed by atoms with Gasteiger partial charge in [0.2, 0.25) is 0 Å². The Morgan fingerprint density at radius 2 is 1.75 bits per heavy atom. The molecule has 2 aromatic rings. The molecule has 3 heteroatoms. The van der Waals surface area contributed by atoms with Gasteiger partial charge in [0.25, 0.3) is 0 Å². The Morgan fingerprint density at radius 3 is 2.40 bits per heavy atom. The van der Waals surface area contributed by atoms with Crippen LogP contribution in [0.4, 0.5) is 0 Å². The summed E-state index contributed by atoms with van der Waals surface area (Å²) in [6.07, 6.45) is 0. The van der Waals surface area contributed by atoms with E-state index in [9.17, 15) is 0 Å². The van der Waals surface area contributed by atoms with E-state index in [0.717, 1.165) is 21.3 Å². The predicted octanol–water partition coefficient (Wildman–Crippen LogP) is 6.57. The van der Waals surface area contributed by atoms with E-state index in [1.807, 2.05) is 18.2 Å². The first-order chi connectivity index (χ1) is 9.51. The van der Waals surface area contributed by atoms with Gasteiger partial charge in [-0.15, -0.1) is 0 Å². The summed E-state index contributed by atoms with van der Waals surface area (Å²) in [5, 5.41) is 0.789. The summed E-state index contributed by atoms with van der Waals surface area (Å²) < 4.78 is 7.23. The summed E-state index contributed by atoms with van der Waals surface area (Å²) in [6.45, 7) is 6.44. The van der Waals surface area contributed by atoms with E-state index in [-0.39, 0.29) is 0 Å². The second-order valence-electron chi connectivity index (χ2n) is 5.18. The molecule has 0 radical (unpaired) electrons. The average molecular weight is 398 g/mol. The van der Waals surface area contributed by atoms with Crippen LogP contribution in [0.25, 0.3) is 0 Å². The Kier molecular flexibility index (Phi) is 5.28. The first-order valence-corrected chi connectivity index (χ1v) is 8.55. The van der Waals surface area contributed by atoms with Crippen LogP contribution in [-0.4, -0.2) is 0 Å². The third-order valence-corrected chi connectivity index (χ3v) is 4.27. The molecule has 0 aromatic heterocycles. The standard InChI is InChI=1S/C17H18Br2O/c1-11(2)15-9-14(19)5-7-17(15)20-16-6-4-12(3)8-13(16)10-18/h4-9,11H,10H2,1-3H3. The highest BCUT2D eigenvalue weighted by molar-refractivity contribution is 9.10. The lowest BCUT2D eigenvalue weighted by Crippen LogP contribution is -1.96. The first-order valence-electron chi connectivity index (χ1n) is 6.64. The molecular weight excluding hydrogens is 380 g/mol. The van der Waals surface area contributed by atoms with Crippen molar-refractivity contribution >= 4 is 31.9 Å². The minimum atomic E-state index is 0.417. The molecule has 0 aliphatic rings. The maximum atomic E-state index is 6.15. The van der Waals surface area contributed by atoms with Gasteiger partial charge in [-0.25, -0.2) is 0 Å². The molecule has 106 valence electrons. The maximum absolute atomic E-state index is 6.15. The Balaban J connectivity index is 2.39. The van der Waals surface area contributed by atoms with Crippen LogP contribution in [0.3, 0.4) is 0 Å². The van der Waals surface area contributed by atoms with Crippen molar-refractivity contribution in [3.63, 3.8) is 0 Å². The Bertz CT molecular complexity index is 606. The zero-order valence-corrected chi connectivity index (χ0v) is 15.1. The molecule has 0 amide bonds. The SMILES string of the molecule is Cc1ccc(Oc2ccc(Br)cc2C(C)C)c(CBr)c1. The van der Waals surface area contributed by atoms with Gasteiger partial charge >= 0.3 is 0 Å². The number of ether oxygens (including phenoxy) is 1. The molecule has 2 rings (SSSR count). The van der Waals surface area contributed by atoms with E-state index in [0.29, 0.717) is 5.92 Å². The van der Waals surface area contributed by atoms with Gasteiger partial charge in [-0.3, -0.25) is 0 Å². The number of benzene rings is 2. The third kappa shape index (κ3) is 3.64. The highest BCUT2D eigenvalue weighted by Crippen LogP contribution is 2.34. The first kappa shape index (κ1) is 15.6. The van der Waals surface area contributed by atoms with Gasteiger partial charge < -0.3 is 4.74 Å². The second kappa shape index (κ2) is 6.77. The number of alkyl halides is 1. The van der Waals surface area contributed by atoms with Crippen molar-refractivity contribution < 1.29 is 4.74 Å². The molecule has 0 saturated carbocycles. The van der Waals surface area contributed by atoms with Gasteiger partial charge in [-0.1, -0.05) is 63.4 Å². The van der Waals surface area contributed by atoms with Crippen molar-refractivity contribution in [1.82, 2.24) is 0 Å². The van der Waals surface area contributed by atoms with Gasteiger partial charge in [0.15, 0.2) is 0 Å². The summed E-state index contributed by atoms with van der Waals surface area (Å²) in [5.41, 5.74) is 3.62. The van der Waals surface area contributed by atoms with Crippen LogP contribution in [0.5, 0.6) is 11.5 Å². The van der Waals surface area contributed by atoms with Crippen LogP contribution in [0.2, 0.25) is 0 Å².